The largest absolute Gasteiger partial charge is 0.390 e. The first kappa shape index (κ1) is 11.5. The van der Waals surface area contributed by atoms with Crippen molar-refractivity contribution >= 4 is 0 Å². The maximum atomic E-state index is 10.0. The molecule has 0 aliphatic carbocycles. The van der Waals surface area contributed by atoms with Crippen LogP contribution in [-0.2, 0) is 11.2 Å². The van der Waals surface area contributed by atoms with Crippen molar-refractivity contribution in [2.45, 2.75) is 51.4 Å². The van der Waals surface area contributed by atoms with Crippen LogP contribution in [0.2, 0.25) is 0 Å². The van der Waals surface area contributed by atoms with Gasteiger partial charge >= 0.3 is 0 Å². The van der Waals surface area contributed by atoms with E-state index in [2.05, 4.69) is 23.9 Å². The fraction of sp³-hybridized carbons (Fsp3) is 0.818. The highest BCUT2D eigenvalue weighted by molar-refractivity contribution is 4.91. The van der Waals surface area contributed by atoms with Crippen molar-refractivity contribution < 1.29 is 9.84 Å². The van der Waals surface area contributed by atoms with E-state index in [9.17, 15) is 5.11 Å². The number of aliphatic hydroxyl groups is 1. The van der Waals surface area contributed by atoms with Gasteiger partial charge in [-0.05, 0) is 26.7 Å². The molecule has 1 fully saturated rings. The van der Waals surface area contributed by atoms with Crippen LogP contribution in [0, 0.1) is 0 Å². The van der Waals surface area contributed by atoms with E-state index in [1.807, 2.05) is 4.68 Å². The fourth-order valence-electron chi connectivity index (χ4n) is 2.08. The van der Waals surface area contributed by atoms with Crippen LogP contribution < -0.4 is 0 Å². The highest BCUT2D eigenvalue weighted by atomic mass is 16.5. The number of hydrogen-bond donors (Lipinski definition) is 1. The lowest BCUT2D eigenvalue weighted by Gasteiger charge is -2.18. The summed E-state index contributed by atoms with van der Waals surface area (Å²) in [5.41, 5.74) is 0. The van der Waals surface area contributed by atoms with Gasteiger partial charge in [-0.15, -0.1) is 0 Å². The maximum absolute atomic E-state index is 10.0. The van der Waals surface area contributed by atoms with Crippen molar-refractivity contribution in [2.24, 2.45) is 0 Å². The van der Waals surface area contributed by atoms with Crippen LogP contribution in [0.3, 0.4) is 0 Å². The summed E-state index contributed by atoms with van der Waals surface area (Å²) in [5, 5.41) is 14.2. The second-order valence-electron chi connectivity index (χ2n) is 4.54. The molecule has 1 saturated heterocycles. The predicted octanol–water partition coefficient (Wildman–Crippen LogP) is 0.941. The van der Waals surface area contributed by atoms with Gasteiger partial charge in [-0.1, -0.05) is 0 Å². The van der Waals surface area contributed by atoms with Gasteiger partial charge < -0.3 is 9.84 Å². The Balaban J connectivity index is 1.99. The molecule has 16 heavy (non-hydrogen) atoms. The average molecular weight is 225 g/mol. The molecule has 2 rings (SSSR count). The first-order chi connectivity index (χ1) is 7.68. The number of hydrogen-bond acceptors (Lipinski definition) is 4. The van der Waals surface area contributed by atoms with E-state index in [0.717, 1.165) is 25.3 Å². The summed E-state index contributed by atoms with van der Waals surface area (Å²) < 4.78 is 7.30. The van der Waals surface area contributed by atoms with Crippen LogP contribution in [0.25, 0.3) is 0 Å². The second-order valence-corrected chi connectivity index (χ2v) is 4.54. The molecule has 0 aromatic carbocycles. The Kier molecular flexibility index (Phi) is 3.56. The minimum atomic E-state index is -0.468. The molecule has 2 unspecified atom stereocenters. The molecule has 5 heteroatoms. The van der Waals surface area contributed by atoms with Crippen LogP contribution in [0.15, 0.2) is 6.33 Å². The highest BCUT2D eigenvalue weighted by Gasteiger charge is 2.25. The first-order valence-corrected chi connectivity index (χ1v) is 5.86. The van der Waals surface area contributed by atoms with Gasteiger partial charge in [0.2, 0.25) is 0 Å². The van der Waals surface area contributed by atoms with Crippen LogP contribution >= 0.6 is 0 Å². The standard InChI is InChI=1S/C11H19N3O2/c1-8(2)14-11(12-7-13-14)6-9(15)10-4-3-5-16-10/h7-10,15H,3-6H2,1-2H3. The molecule has 5 nitrogen and oxygen atoms in total. The van der Waals surface area contributed by atoms with Gasteiger partial charge in [-0.25, -0.2) is 9.67 Å². The Labute approximate surface area is 95.4 Å². The third-order valence-electron chi connectivity index (χ3n) is 2.92. The van der Waals surface area contributed by atoms with E-state index in [0.29, 0.717) is 6.42 Å². The Morgan fingerprint density at radius 1 is 1.62 bits per heavy atom. The number of aliphatic hydroxyl groups excluding tert-OH is 1. The molecule has 1 N–H and O–H groups in total. The molecule has 2 heterocycles. The quantitative estimate of drug-likeness (QED) is 0.828. The van der Waals surface area contributed by atoms with E-state index in [1.54, 1.807) is 0 Å². The molecule has 1 aliphatic rings. The molecular weight excluding hydrogens is 206 g/mol. The zero-order valence-corrected chi connectivity index (χ0v) is 9.83. The van der Waals surface area contributed by atoms with Crippen molar-refractivity contribution in [3.63, 3.8) is 0 Å². The summed E-state index contributed by atoms with van der Waals surface area (Å²) in [7, 11) is 0. The third kappa shape index (κ3) is 2.41. The van der Waals surface area contributed by atoms with E-state index in [-0.39, 0.29) is 12.1 Å². The number of rotatable bonds is 4. The highest BCUT2D eigenvalue weighted by Crippen LogP contribution is 2.18. The van der Waals surface area contributed by atoms with Crippen LogP contribution in [0.1, 0.15) is 38.6 Å². The van der Waals surface area contributed by atoms with Gasteiger partial charge in [-0.3, -0.25) is 0 Å². The van der Waals surface area contributed by atoms with E-state index >= 15 is 0 Å². The molecule has 1 aliphatic heterocycles. The molecule has 90 valence electrons. The van der Waals surface area contributed by atoms with Crippen molar-refractivity contribution in [3.05, 3.63) is 12.2 Å². The lowest BCUT2D eigenvalue weighted by atomic mass is 10.1. The van der Waals surface area contributed by atoms with Crippen LogP contribution in [-0.4, -0.2) is 38.7 Å². The van der Waals surface area contributed by atoms with Gasteiger partial charge in [0.15, 0.2) is 0 Å². The topological polar surface area (TPSA) is 60.2 Å². The molecule has 1 aromatic heterocycles. The Bertz CT molecular complexity index is 332. The molecule has 0 radical (unpaired) electrons. The maximum Gasteiger partial charge on any atom is 0.138 e. The Morgan fingerprint density at radius 2 is 2.44 bits per heavy atom. The summed E-state index contributed by atoms with van der Waals surface area (Å²) in [6.45, 7) is 4.87. The summed E-state index contributed by atoms with van der Waals surface area (Å²) in [5.74, 6) is 0.831. The summed E-state index contributed by atoms with van der Waals surface area (Å²) >= 11 is 0. The van der Waals surface area contributed by atoms with Crippen LogP contribution in [0.4, 0.5) is 0 Å². The van der Waals surface area contributed by atoms with Gasteiger partial charge in [0.05, 0.1) is 12.2 Å². The summed E-state index contributed by atoms with van der Waals surface area (Å²) in [6.07, 6.45) is 3.54. The molecule has 0 spiro atoms. The van der Waals surface area contributed by atoms with Gasteiger partial charge in [0.1, 0.15) is 12.2 Å². The summed E-state index contributed by atoms with van der Waals surface area (Å²) in [6, 6.07) is 0.272. The Morgan fingerprint density at radius 3 is 3.06 bits per heavy atom. The molecule has 0 saturated carbocycles. The molecule has 2 atom stereocenters. The minimum Gasteiger partial charge on any atom is -0.390 e. The minimum absolute atomic E-state index is 0.0303. The Hall–Kier alpha value is -0.940. The lowest BCUT2D eigenvalue weighted by Crippen LogP contribution is -2.29. The SMILES string of the molecule is CC(C)n1ncnc1CC(O)C1CCCO1. The lowest BCUT2D eigenvalue weighted by molar-refractivity contribution is -0.00226. The molecule has 0 bridgehead atoms. The fourth-order valence-corrected chi connectivity index (χ4v) is 2.08. The average Bonchev–Trinajstić information content (AvgIpc) is 2.86. The number of nitrogens with zero attached hydrogens (tertiary/aromatic N) is 3. The van der Waals surface area contributed by atoms with Gasteiger partial charge in [0, 0.05) is 19.1 Å². The molecule has 0 amide bonds. The van der Waals surface area contributed by atoms with Crippen molar-refractivity contribution in [1.82, 2.24) is 14.8 Å². The van der Waals surface area contributed by atoms with E-state index in [1.165, 1.54) is 6.33 Å². The zero-order chi connectivity index (χ0) is 11.5. The number of ether oxygens (including phenoxy) is 1. The van der Waals surface area contributed by atoms with Crippen LogP contribution in [0.5, 0.6) is 0 Å². The monoisotopic (exact) mass is 225 g/mol. The predicted molar refractivity (Wildman–Crippen MR) is 59.1 cm³/mol. The van der Waals surface area contributed by atoms with E-state index < -0.39 is 6.10 Å². The van der Waals surface area contributed by atoms with Crippen molar-refractivity contribution in [1.29, 1.82) is 0 Å². The molecule has 1 aromatic rings. The first-order valence-electron chi connectivity index (χ1n) is 5.86. The zero-order valence-electron chi connectivity index (χ0n) is 9.83. The second kappa shape index (κ2) is 4.93. The van der Waals surface area contributed by atoms with Gasteiger partial charge in [0.25, 0.3) is 0 Å². The molecular formula is C11H19N3O2. The summed E-state index contributed by atoms with van der Waals surface area (Å²) in [4.78, 5) is 4.19. The smallest absolute Gasteiger partial charge is 0.138 e. The number of aromatic nitrogens is 3. The van der Waals surface area contributed by atoms with Crippen molar-refractivity contribution in [3.8, 4) is 0 Å². The van der Waals surface area contributed by atoms with Crippen molar-refractivity contribution in [2.75, 3.05) is 6.61 Å². The van der Waals surface area contributed by atoms with Gasteiger partial charge in [-0.2, -0.15) is 5.10 Å². The normalized spacial score (nSPS) is 22.9. The van der Waals surface area contributed by atoms with E-state index in [4.69, 9.17) is 4.74 Å². The third-order valence-corrected chi connectivity index (χ3v) is 2.92.